The maximum absolute atomic E-state index is 12.2. The van der Waals surface area contributed by atoms with E-state index in [0.29, 0.717) is 0 Å². The van der Waals surface area contributed by atoms with E-state index in [1.54, 1.807) is 0 Å². The van der Waals surface area contributed by atoms with Crippen molar-refractivity contribution in [1.82, 2.24) is 29.9 Å². The Hall–Kier alpha value is -3.94. The van der Waals surface area contributed by atoms with E-state index in [9.17, 15) is 35.5 Å². The molecule has 6 N–H and O–H groups in total. The first kappa shape index (κ1) is 27.1. The SMILES string of the molecule is O=c1nc(Nc2ccc(-c3ccc(Nc4nc(Cl)[nH]c(=O)n4)cc3S(=O)(=O)O)c(S(=O)(=O)O)c2)nc(Cl)[nH]1. The number of hydrogen-bond donors (Lipinski definition) is 6. The predicted octanol–water partition coefficient (Wildman–Crippen LogP) is 1.60. The highest BCUT2D eigenvalue weighted by molar-refractivity contribution is 7.86. The smallest absolute Gasteiger partial charge is 0.324 e. The van der Waals surface area contributed by atoms with Crippen LogP contribution in [0.3, 0.4) is 0 Å². The van der Waals surface area contributed by atoms with E-state index in [0.717, 1.165) is 24.3 Å². The Kier molecular flexibility index (Phi) is 7.19. The standard InChI is InChI=1S/C18H12Cl2N8O8S2/c19-13-23-15(27-17(29)25-13)21-7-1-3-9(11(5-7)37(31,32)33)10-4-2-8(6-12(10)38(34,35)36)22-16-24-14(20)26-18(30)28-16/h1-6H,(H,31,32,33)(H,34,35,36)(H2,21,23,25,27,29)(H2,22,24,26,28,30). The average Bonchev–Trinajstić information content (AvgIpc) is 2.76. The number of nitrogens with one attached hydrogen (secondary N) is 4. The second kappa shape index (κ2) is 10.1. The second-order valence-corrected chi connectivity index (χ2v) is 10.7. The molecule has 0 unspecified atom stereocenters. The van der Waals surface area contributed by atoms with Crippen LogP contribution >= 0.6 is 23.2 Å². The number of benzene rings is 2. The first-order valence-electron chi connectivity index (χ1n) is 9.74. The highest BCUT2D eigenvalue weighted by Gasteiger charge is 2.24. The van der Waals surface area contributed by atoms with Crippen molar-refractivity contribution in [3.8, 4) is 11.1 Å². The molecule has 0 spiro atoms. The van der Waals surface area contributed by atoms with Gasteiger partial charge in [-0.15, -0.1) is 0 Å². The minimum atomic E-state index is -4.98. The molecule has 0 radical (unpaired) electrons. The molecular weight excluding hydrogens is 591 g/mol. The van der Waals surface area contributed by atoms with Crippen molar-refractivity contribution in [3.63, 3.8) is 0 Å². The number of H-pyrrole nitrogens is 2. The van der Waals surface area contributed by atoms with Gasteiger partial charge in [0.05, 0.1) is 0 Å². The van der Waals surface area contributed by atoms with E-state index in [1.165, 1.54) is 12.1 Å². The Balaban J connectivity index is 1.82. The molecule has 0 fully saturated rings. The zero-order valence-electron chi connectivity index (χ0n) is 18.2. The third kappa shape index (κ3) is 6.30. The van der Waals surface area contributed by atoms with Crippen LogP contribution in [0.5, 0.6) is 0 Å². The molecule has 0 saturated heterocycles. The lowest BCUT2D eigenvalue weighted by Crippen LogP contribution is -2.14. The Morgan fingerprint density at radius 1 is 0.658 bits per heavy atom. The number of hydrogen-bond acceptors (Lipinski definition) is 12. The monoisotopic (exact) mass is 602 g/mol. The van der Waals surface area contributed by atoms with Crippen LogP contribution in [0.25, 0.3) is 11.1 Å². The molecule has 16 nitrogen and oxygen atoms in total. The van der Waals surface area contributed by atoms with Gasteiger partial charge in [-0.1, -0.05) is 12.1 Å². The molecule has 198 valence electrons. The van der Waals surface area contributed by atoms with Gasteiger partial charge in [-0.3, -0.25) is 19.1 Å². The van der Waals surface area contributed by atoms with E-state index in [2.05, 4.69) is 40.5 Å². The van der Waals surface area contributed by atoms with E-state index < -0.39 is 41.4 Å². The Morgan fingerprint density at radius 3 is 1.34 bits per heavy atom. The van der Waals surface area contributed by atoms with Crippen LogP contribution in [0.2, 0.25) is 10.6 Å². The van der Waals surface area contributed by atoms with Gasteiger partial charge in [0.15, 0.2) is 0 Å². The quantitative estimate of drug-likeness (QED) is 0.164. The Morgan fingerprint density at radius 2 is 1.03 bits per heavy atom. The lowest BCUT2D eigenvalue weighted by atomic mass is 10.0. The molecule has 0 aliphatic rings. The molecule has 0 saturated carbocycles. The van der Waals surface area contributed by atoms with E-state index in [-0.39, 0.29) is 45.0 Å². The summed E-state index contributed by atoms with van der Waals surface area (Å²) in [5.41, 5.74) is -2.40. The molecule has 20 heteroatoms. The van der Waals surface area contributed by atoms with Gasteiger partial charge in [-0.25, -0.2) is 9.59 Å². The highest BCUT2D eigenvalue weighted by Crippen LogP contribution is 2.36. The molecule has 38 heavy (non-hydrogen) atoms. The van der Waals surface area contributed by atoms with Gasteiger partial charge in [0.25, 0.3) is 20.2 Å². The van der Waals surface area contributed by atoms with Crippen molar-refractivity contribution in [3.05, 3.63) is 67.9 Å². The van der Waals surface area contributed by atoms with Crippen molar-refractivity contribution < 1.29 is 25.9 Å². The van der Waals surface area contributed by atoms with Crippen LogP contribution in [-0.4, -0.2) is 55.8 Å². The van der Waals surface area contributed by atoms with E-state index >= 15 is 0 Å². The fraction of sp³-hybridized carbons (Fsp3) is 0. The minimum absolute atomic E-state index is 0.0296. The molecule has 2 aromatic heterocycles. The Bertz CT molecular complexity index is 1770. The van der Waals surface area contributed by atoms with Gasteiger partial charge in [-0.05, 0) is 47.5 Å². The fourth-order valence-electron chi connectivity index (χ4n) is 3.16. The van der Waals surface area contributed by atoms with Crippen LogP contribution in [0.4, 0.5) is 23.3 Å². The molecule has 0 bridgehead atoms. The van der Waals surface area contributed by atoms with Gasteiger partial charge in [0, 0.05) is 22.5 Å². The number of rotatable bonds is 7. The maximum atomic E-state index is 12.2. The van der Waals surface area contributed by atoms with Crippen LogP contribution < -0.4 is 22.0 Å². The Labute approximate surface area is 221 Å². The van der Waals surface area contributed by atoms with E-state index in [4.69, 9.17) is 23.2 Å². The third-order valence-corrected chi connectivity index (χ3v) is 6.71. The zero-order valence-corrected chi connectivity index (χ0v) is 21.3. The summed E-state index contributed by atoms with van der Waals surface area (Å²) < 4.78 is 68.5. The normalized spacial score (nSPS) is 11.8. The zero-order chi connectivity index (χ0) is 27.8. The van der Waals surface area contributed by atoms with Crippen molar-refractivity contribution >= 4 is 66.7 Å². The molecule has 0 aliphatic heterocycles. The molecule has 4 aromatic rings. The number of nitrogens with zero attached hydrogens (tertiary/aromatic N) is 4. The van der Waals surface area contributed by atoms with Gasteiger partial charge >= 0.3 is 11.4 Å². The predicted molar refractivity (Wildman–Crippen MR) is 133 cm³/mol. The maximum Gasteiger partial charge on any atom is 0.350 e. The van der Waals surface area contributed by atoms with Crippen LogP contribution in [0.1, 0.15) is 0 Å². The van der Waals surface area contributed by atoms with Crippen molar-refractivity contribution in [2.45, 2.75) is 9.79 Å². The number of aromatic amines is 2. The number of aromatic nitrogens is 6. The highest BCUT2D eigenvalue weighted by atomic mass is 35.5. The molecule has 2 heterocycles. The third-order valence-electron chi connectivity index (χ3n) is 4.56. The van der Waals surface area contributed by atoms with Gasteiger partial charge in [0.1, 0.15) is 9.79 Å². The summed E-state index contributed by atoms with van der Waals surface area (Å²) in [5.74, 6) is -0.604. The first-order chi connectivity index (χ1) is 17.7. The molecular formula is C18H12Cl2N8O8S2. The lowest BCUT2D eigenvalue weighted by Gasteiger charge is -2.14. The summed E-state index contributed by atoms with van der Waals surface area (Å²) in [6.45, 7) is 0. The van der Waals surface area contributed by atoms with E-state index in [1.807, 2.05) is 0 Å². The minimum Gasteiger partial charge on any atom is -0.324 e. The summed E-state index contributed by atoms with van der Waals surface area (Å²) in [7, 11) is -9.97. The second-order valence-electron chi connectivity index (χ2n) is 7.16. The first-order valence-corrected chi connectivity index (χ1v) is 13.4. The number of anilines is 4. The molecule has 0 atom stereocenters. The summed E-state index contributed by atoms with van der Waals surface area (Å²) in [4.78, 5) is 40.1. The van der Waals surface area contributed by atoms with Gasteiger partial charge < -0.3 is 10.6 Å². The molecule has 0 amide bonds. The van der Waals surface area contributed by atoms with Crippen molar-refractivity contribution in [1.29, 1.82) is 0 Å². The van der Waals surface area contributed by atoms with Gasteiger partial charge in [-0.2, -0.15) is 36.8 Å². The fourth-order valence-corrected chi connectivity index (χ4v) is 4.94. The van der Waals surface area contributed by atoms with Crippen LogP contribution in [0, 0.1) is 0 Å². The average molecular weight is 603 g/mol. The molecule has 2 aromatic carbocycles. The summed E-state index contributed by atoms with van der Waals surface area (Å²) in [6.07, 6.45) is 0. The number of halogens is 2. The van der Waals surface area contributed by atoms with Crippen LogP contribution in [-0.2, 0) is 20.2 Å². The molecule has 0 aliphatic carbocycles. The molecule has 4 rings (SSSR count). The van der Waals surface area contributed by atoms with Crippen molar-refractivity contribution in [2.75, 3.05) is 10.6 Å². The summed E-state index contributed by atoms with van der Waals surface area (Å²) in [6, 6.07) is 6.58. The lowest BCUT2D eigenvalue weighted by molar-refractivity contribution is 0.480. The topological polar surface area (TPSA) is 250 Å². The van der Waals surface area contributed by atoms with Crippen molar-refractivity contribution in [2.24, 2.45) is 0 Å². The largest absolute Gasteiger partial charge is 0.350 e. The van der Waals surface area contributed by atoms with Crippen LogP contribution in [0.15, 0.2) is 55.8 Å². The summed E-state index contributed by atoms with van der Waals surface area (Å²) >= 11 is 11.3. The van der Waals surface area contributed by atoms with Gasteiger partial charge in [0.2, 0.25) is 22.5 Å². The summed E-state index contributed by atoms with van der Waals surface area (Å²) in [5, 5.41) is 4.45.